The Morgan fingerprint density at radius 2 is 2.11 bits per heavy atom. The van der Waals surface area contributed by atoms with Gasteiger partial charge in [0.05, 0.1) is 5.69 Å². The second-order valence-corrected chi connectivity index (χ2v) is 4.43. The highest BCUT2D eigenvalue weighted by molar-refractivity contribution is 5.90. The maximum Gasteiger partial charge on any atom is 0.433 e. The fourth-order valence-corrected chi connectivity index (χ4v) is 2.48. The van der Waals surface area contributed by atoms with Crippen molar-refractivity contribution in [3.8, 4) is 0 Å². The molecule has 0 aliphatic heterocycles. The Bertz CT molecular complexity index is 526. The van der Waals surface area contributed by atoms with Gasteiger partial charge in [-0.05, 0) is 31.2 Å². The van der Waals surface area contributed by atoms with Crippen molar-refractivity contribution in [3.63, 3.8) is 0 Å². The largest absolute Gasteiger partial charge is 0.433 e. The summed E-state index contributed by atoms with van der Waals surface area (Å²) in [6.45, 7) is 1.60. The smallest absolute Gasteiger partial charge is 0.351 e. The van der Waals surface area contributed by atoms with E-state index in [0.29, 0.717) is 24.1 Å². The lowest BCUT2D eigenvalue weighted by atomic mass is 10.0. The molecule has 7 heteroatoms. The minimum Gasteiger partial charge on any atom is -0.351 e. The van der Waals surface area contributed by atoms with Crippen LogP contribution in [0.3, 0.4) is 0 Å². The molecule has 0 bridgehead atoms. The number of carbonyl (C=O) groups excluding carboxylic acids is 1. The molecule has 0 fully saturated rings. The first-order valence-electron chi connectivity index (χ1n) is 6.02. The summed E-state index contributed by atoms with van der Waals surface area (Å²) in [5.41, 5.74) is 5.43. The van der Waals surface area contributed by atoms with Gasteiger partial charge < -0.3 is 11.1 Å². The normalized spacial score (nSPS) is 14.3. The van der Waals surface area contributed by atoms with Crippen molar-refractivity contribution in [2.24, 2.45) is 5.73 Å². The number of carbonyl (C=O) groups is 1. The van der Waals surface area contributed by atoms with Gasteiger partial charge in [-0.25, -0.2) is 9.78 Å². The molecule has 0 aromatic carbocycles. The molecule has 104 valence electrons. The number of aromatic nitrogens is 1. The fourth-order valence-electron chi connectivity index (χ4n) is 2.48. The summed E-state index contributed by atoms with van der Waals surface area (Å²) in [4.78, 5) is 14.8. The van der Waals surface area contributed by atoms with Crippen LogP contribution in [0.15, 0.2) is 0 Å². The number of amides is 2. The first-order chi connectivity index (χ1) is 8.84. The Labute approximate surface area is 108 Å². The number of urea groups is 1. The van der Waals surface area contributed by atoms with E-state index in [1.54, 1.807) is 6.92 Å². The second kappa shape index (κ2) is 4.71. The first-order valence-corrected chi connectivity index (χ1v) is 6.02. The molecule has 19 heavy (non-hydrogen) atoms. The molecule has 1 aromatic heterocycles. The molecule has 0 unspecified atom stereocenters. The van der Waals surface area contributed by atoms with Crippen molar-refractivity contribution in [1.29, 1.82) is 0 Å². The van der Waals surface area contributed by atoms with Gasteiger partial charge in [-0.15, -0.1) is 0 Å². The van der Waals surface area contributed by atoms with Crippen molar-refractivity contribution in [2.75, 3.05) is 5.32 Å². The minimum absolute atomic E-state index is 0.00644. The summed E-state index contributed by atoms with van der Waals surface area (Å²) in [5.74, 6) is 0. The van der Waals surface area contributed by atoms with E-state index in [9.17, 15) is 18.0 Å². The first kappa shape index (κ1) is 13.6. The predicted molar refractivity (Wildman–Crippen MR) is 63.8 cm³/mol. The number of halogens is 3. The quantitative estimate of drug-likeness (QED) is 0.869. The highest BCUT2D eigenvalue weighted by Crippen LogP contribution is 2.39. The van der Waals surface area contributed by atoms with Gasteiger partial charge in [0.2, 0.25) is 0 Å². The SMILES string of the molecule is CCc1c(C(F)(F)F)nc2c(c1NC(N)=O)CCC2. The zero-order valence-electron chi connectivity index (χ0n) is 10.4. The number of nitrogens with zero attached hydrogens (tertiary/aromatic N) is 1. The molecule has 3 N–H and O–H groups in total. The molecule has 4 nitrogen and oxygen atoms in total. The van der Waals surface area contributed by atoms with Gasteiger partial charge in [0.15, 0.2) is 0 Å². The van der Waals surface area contributed by atoms with E-state index >= 15 is 0 Å². The molecule has 1 aliphatic rings. The van der Waals surface area contributed by atoms with E-state index in [-0.39, 0.29) is 17.7 Å². The number of hydrogen-bond donors (Lipinski definition) is 2. The van der Waals surface area contributed by atoms with Gasteiger partial charge in [-0.3, -0.25) is 0 Å². The molecule has 2 rings (SSSR count). The van der Waals surface area contributed by atoms with Crippen LogP contribution in [-0.2, 0) is 25.4 Å². The lowest BCUT2D eigenvalue weighted by Crippen LogP contribution is -2.24. The third-order valence-electron chi connectivity index (χ3n) is 3.20. The highest BCUT2D eigenvalue weighted by atomic mass is 19.4. The number of rotatable bonds is 2. The van der Waals surface area contributed by atoms with Gasteiger partial charge in [-0.1, -0.05) is 6.92 Å². The van der Waals surface area contributed by atoms with Crippen LogP contribution < -0.4 is 11.1 Å². The number of anilines is 1. The fraction of sp³-hybridized carbons (Fsp3) is 0.500. The molecular formula is C12H14F3N3O. The standard InChI is InChI=1S/C12H14F3N3O/c1-2-6-9(18-11(16)19)7-4-3-5-8(7)17-10(6)12(13,14)15/h2-5H2,1H3,(H3,16,17,18,19). The topological polar surface area (TPSA) is 68.0 Å². The molecule has 2 amide bonds. The number of pyridine rings is 1. The molecule has 0 saturated carbocycles. The maximum absolute atomic E-state index is 13.0. The molecule has 0 saturated heterocycles. The van der Waals surface area contributed by atoms with E-state index < -0.39 is 17.9 Å². The number of nitrogens with one attached hydrogen (secondary N) is 1. The van der Waals surface area contributed by atoms with Crippen LogP contribution in [-0.4, -0.2) is 11.0 Å². The summed E-state index contributed by atoms with van der Waals surface area (Å²) in [7, 11) is 0. The van der Waals surface area contributed by atoms with Crippen LogP contribution in [0.2, 0.25) is 0 Å². The number of aryl methyl sites for hydroxylation is 1. The molecule has 0 atom stereocenters. The Balaban J connectivity index is 2.67. The summed E-state index contributed by atoms with van der Waals surface area (Å²) < 4.78 is 39.0. The van der Waals surface area contributed by atoms with Crippen LogP contribution in [0.1, 0.15) is 35.9 Å². The predicted octanol–water partition coefficient (Wildman–Crippen LogP) is 2.64. The Morgan fingerprint density at radius 3 is 2.63 bits per heavy atom. The number of fused-ring (bicyclic) bond motifs is 1. The lowest BCUT2D eigenvalue weighted by molar-refractivity contribution is -0.141. The number of alkyl halides is 3. The number of primary amides is 1. The van der Waals surface area contributed by atoms with Gasteiger partial charge in [0, 0.05) is 11.3 Å². The zero-order valence-corrected chi connectivity index (χ0v) is 10.4. The van der Waals surface area contributed by atoms with E-state index in [1.165, 1.54) is 0 Å². The van der Waals surface area contributed by atoms with Crippen molar-refractivity contribution >= 4 is 11.7 Å². The number of hydrogen-bond acceptors (Lipinski definition) is 2. The molecule has 0 radical (unpaired) electrons. The molecule has 1 aromatic rings. The van der Waals surface area contributed by atoms with E-state index in [4.69, 9.17) is 5.73 Å². The summed E-state index contributed by atoms with van der Waals surface area (Å²) in [6.07, 6.45) is -2.55. The third kappa shape index (κ3) is 2.50. The van der Waals surface area contributed by atoms with Gasteiger partial charge in [0.1, 0.15) is 5.69 Å². The molecule has 1 aliphatic carbocycles. The Kier molecular flexibility index (Phi) is 3.38. The Hall–Kier alpha value is -1.79. The Morgan fingerprint density at radius 1 is 1.42 bits per heavy atom. The van der Waals surface area contributed by atoms with Crippen molar-refractivity contribution < 1.29 is 18.0 Å². The average molecular weight is 273 g/mol. The summed E-state index contributed by atoms with van der Waals surface area (Å²) in [5, 5.41) is 2.34. The van der Waals surface area contributed by atoms with Crippen LogP contribution in [0.4, 0.5) is 23.7 Å². The van der Waals surface area contributed by atoms with Gasteiger partial charge in [0.25, 0.3) is 0 Å². The van der Waals surface area contributed by atoms with Crippen molar-refractivity contribution in [3.05, 3.63) is 22.5 Å². The van der Waals surface area contributed by atoms with Gasteiger partial charge >= 0.3 is 12.2 Å². The monoisotopic (exact) mass is 273 g/mol. The maximum atomic E-state index is 13.0. The van der Waals surface area contributed by atoms with Crippen LogP contribution >= 0.6 is 0 Å². The molecular weight excluding hydrogens is 259 g/mol. The second-order valence-electron chi connectivity index (χ2n) is 4.43. The van der Waals surface area contributed by atoms with Crippen LogP contribution in [0, 0.1) is 0 Å². The van der Waals surface area contributed by atoms with Crippen LogP contribution in [0.5, 0.6) is 0 Å². The van der Waals surface area contributed by atoms with Gasteiger partial charge in [-0.2, -0.15) is 13.2 Å². The molecule has 1 heterocycles. The zero-order chi connectivity index (χ0) is 14.2. The van der Waals surface area contributed by atoms with Crippen molar-refractivity contribution in [1.82, 2.24) is 4.98 Å². The highest BCUT2D eigenvalue weighted by Gasteiger charge is 2.38. The van der Waals surface area contributed by atoms with E-state index in [2.05, 4.69) is 10.3 Å². The lowest BCUT2D eigenvalue weighted by Gasteiger charge is -2.18. The summed E-state index contributed by atoms with van der Waals surface area (Å²) in [6, 6.07) is -0.858. The summed E-state index contributed by atoms with van der Waals surface area (Å²) >= 11 is 0. The minimum atomic E-state index is -4.53. The van der Waals surface area contributed by atoms with Crippen LogP contribution in [0.25, 0.3) is 0 Å². The van der Waals surface area contributed by atoms with E-state index in [0.717, 1.165) is 6.42 Å². The third-order valence-corrected chi connectivity index (χ3v) is 3.20. The average Bonchev–Trinajstić information content (AvgIpc) is 2.74. The van der Waals surface area contributed by atoms with E-state index in [1.807, 2.05) is 0 Å². The molecule has 0 spiro atoms. The van der Waals surface area contributed by atoms with Crippen molar-refractivity contribution in [2.45, 2.75) is 38.8 Å². The number of nitrogens with two attached hydrogens (primary N) is 1.